The monoisotopic (exact) mass is 554 g/mol. The van der Waals surface area contributed by atoms with E-state index in [1.54, 1.807) is 6.26 Å². The number of aromatic nitrogens is 2. The molecule has 196 valence electrons. The van der Waals surface area contributed by atoms with Gasteiger partial charge in [0.15, 0.2) is 21.1 Å². The number of anilines is 3. The Morgan fingerprint density at radius 2 is 1.94 bits per heavy atom. The van der Waals surface area contributed by atoms with E-state index in [2.05, 4.69) is 39.8 Å². The lowest BCUT2D eigenvalue weighted by molar-refractivity contribution is 0.222. The van der Waals surface area contributed by atoms with E-state index in [1.165, 1.54) is 9.69 Å². The minimum Gasteiger partial charge on any atom is -0.546 e. The SMILES string of the molecule is C=C(C)[C@@H](Nc1n[s+]([O-])nc1Nc1csc(S(=O)(=O)N2CCN(C)CC2)c1O)c1cc(C(C)C)co1. The molecule has 0 radical (unpaired) electrons. The summed E-state index contributed by atoms with van der Waals surface area (Å²) < 4.78 is 53.4. The van der Waals surface area contributed by atoms with E-state index in [-0.39, 0.29) is 27.5 Å². The molecule has 0 saturated carbocycles. The van der Waals surface area contributed by atoms with E-state index in [9.17, 15) is 18.1 Å². The van der Waals surface area contributed by atoms with E-state index < -0.39 is 33.0 Å². The van der Waals surface area contributed by atoms with Crippen LogP contribution in [0.2, 0.25) is 0 Å². The molecule has 11 nitrogen and oxygen atoms in total. The van der Waals surface area contributed by atoms with Crippen LogP contribution >= 0.6 is 22.5 Å². The lowest BCUT2D eigenvalue weighted by Gasteiger charge is -2.31. The van der Waals surface area contributed by atoms with Gasteiger partial charge in [0.1, 0.15) is 11.8 Å². The van der Waals surface area contributed by atoms with Crippen molar-refractivity contribution in [1.29, 1.82) is 0 Å². The minimum atomic E-state index is -3.86. The molecular weight excluding hydrogens is 524 g/mol. The first-order valence-electron chi connectivity index (χ1n) is 11.3. The standard InChI is InChI=1S/C22H30N6O5S3/c1-13(2)15-10-17(33-11-15)18(14(3)4)24-21-20(25-35(30)26-21)23-16-12-34-22(19(16)29)36(31,32)28-8-6-27(5)7-9-28/h10-13,18,29H,3,6-9H2,1-2,4-5H3,(H,23,25)(H,24,26)/t18-,35?/m1/s1. The maximum Gasteiger partial charge on any atom is 0.256 e. The fourth-order valence-corrected chi connectivity index (χ4v) is 7.14. The first-order valence-corrected chi connectivity index (χ1v) is 14.7. The molecule has 14 heteroatoms. The summed E-state index contributed by atoms with van der Waals surface area (Å²) in [6.45, 7) is 11.9. The molecule has 0 amide bonds. The highest BCUT2D eigenvalue weighted by molar-refractivity contribution is 7.91. The summed E-state index contributed by atoms with van der Waals surface area (Å²) in [6, 6.07) is 1.45. The third-order valence-corrected chi connectivity index (χ3v) is 10.0. The Labute approximate surface area is 217 Å². The molecule has 0 spiro atoms. The normalized spacial score (nSPS) is 16.9. The summed E-state index contributed by atoms with van der Waals surface area (Å²) in [6.07, 6.45) is 1.69. The minimum absolute atomic E-state index is 0.104. The Morgan fingerprint density at radius 3 is 2.56 bits per heavy atom. The Bertz CT molecular complexity index is 1340. The molecule has 4 rings (SSSR count). The molecule has 1 aliphatic heterocycles. The van der Waals surface area contributed by atoms with Gasteiger partial charge < -0.3 is 29.6 Å². The number of rotatable bonds is 9. The van der Waals surface area contributed by atoms with Gasteiger partial charge in [-0.3, -0.25) is 0 Å². The molecule has 0 aromatic carbocycles. The molecule has 3 aromatic rings. The van der Waals surface area contributed by atoms with Crippen LogP contribution in [0.4, 0.5) is 17.3 Å². The highest BCUT2D eigenvalue weighted by atomic mass is 32.2. The van der Waals surface area contributed by atoms with E-state index in [4.69, 9.17) is 4.42 Å². The van der Waals surface area contributed by atoms with Crippen molar-refractivity contribution >= 4 is 49.8 Å². The van der Waals surface area contributed by atoms with Crippen molar-refractivity contribution in [3.05, 3.63) is 41.2 Å². The van der Waals surface area contributed by atoms with Crippen LogP contribution in [0.25, 0.3) is 0 Å². The molecule has 0 aliphatic carbocycles. The van der Waals surface area contributed by atoms with Crippen molar-refractivity contribution in [1.82, 2.24) is 18.0 Å². The van der Waals surface area contributed by atoms with Gasteiger partial charge in [-0.15, -0.1) is 11.3 Å². The van der Waals surface area contributed by atoms with Crippen LogP contribution in [-0.4, -0.2) is 69.3 Å². The molecule has 3 aromatic heterocycles. The van der Waals surface area contributed by atoms with Gasteiger partial charge in [0.05, 0.1) is 12.0 Å². The number of hydrogen-bond donors (Lipinski definition) is 3. The van der Waals surface area contributed by atoms with Crippen molar-refractivity contribution in [2.45, 2.75) is 36.9 Å². The van der Waals surface area contributed by atoms with Crippen LogP contribution in [0.5, 0.6) is 5.75 Å². The number of aromatic hydroxyl groups is 1. The topological polar surface area (TPSA) is 147 Å². The highest BCUT2D eigenvalue weighted by Crippen LogP contribution is 2.42. The number of piperazine rings is 1. The lowest BCUT2D eigenvalue weighted by Crippen LogP contribution is -2.46. The van der Waals surface area contributed by atoms with Crippen molar-refractivity contribution in [3.63, 3.8) is 0 Å². The Balaban J connectivity index is 1.57. The summed E-state index contributed by atoms with van der Waals surface area (Å²) in [5, 5.41) is 18.3. The van der Waals surface area contributed by atoms with E-state index >= 15 is 0 Å². The Hall–Kier alpha value is -2.49. The summed E-state index contributed by atoms with van der Waals surface area (Å²) in [5.74, 6) is 0.763. The second kappa shape index (κ2) is 10.5. The van der Waals surface area contributed by atoms with Gasteiger partial charge in [-0.05, 0) is 31.5 Å². The van der Waals surface area contributed by atoms with Gasteiger partial charge in [0, 0.05) is 40.3 Å². The number of likely N-dealkylation sites (N-methyl/N-ethyl adjacent to an activating group) is 1. The summed E-state index contributed by atoms with van der Waals surface area (Å²) >= 11 is -0.980. The largest absolute Gasteiger partial charge is 0.546 e. The number of thiophene rings is 1. The van der Waals surface area contributed by atoms with Crippen LogP contribution in [0, 0.1) is 0 Å². The van der Waals surface area contributed by atoms with Gasteiger partial charge in [0.2, 0.25) is 11.6 Å². The van der Waals surface area contributed by atoms with Crippen LogP contribution < -0.4 is 10.6 Å². The van der Waals surface area contributed by atoms with Gasteiger partial charge in [-0.1, -0.05) is 26.0 Å². The van der Waals surface area contributed by atoms with Gasteiger partial charge in [-0.2, -0.15) is 4.31 Å². The van der Waals surface area contributed by atoms with Crippen LogP contribution in [0.1, 0.15) is 44.1 Å². The van der Waals surface area contributed by atoms with Crippen LogP contribution in [0.15, 0.2) is 38.5 Å². The first kappa shape index (κ1) is 26.6. The number of sulfonamides is 1. The zero-order valence-electron chi connectivity index (χ0n) is 20.5. The molecular formula is C22H30N6O5S3. The van der Waals surface area contributed by atoms with Gasteiger partial charge in [0.25, 0.3) is 10.0 Å². The van der Waals surface area contributed by atoms with Gasteiger partial charge in [-0.25, -0.2) is 8.42 Å². The van der Waals surface area contributed by atoms with Crippen LogP contribution in [0.3, 0.4) is 0 Å². The molecule has 1 fully saturated rings. The average molecular weight is 555 g/mol. The maximum atomic E-state index is 13.1. The van der Waals surface area contributed by atoms with Crippen molar-refractivity contribution in [2.24, 2.45) is 0 Å². The second-order valence-electron chi connectivity index (χ2n) is 9.09. The average Bonchev–Trinajstić information content (AvgIpc) is 3.52. The van der Waals surface area contributed by atoms with E-state index in [1.807, 2.05) is 24.9 Å². The number of nitrogens with one attached hydrogen (secondary N) is 2. The van der Waals surface area contributed by atoms with E-state index in [0.29, 0.717) is 31.9 Å². The first-order chi connectivity index (χ1) is 17.0. The molecule has 0 bridgehead atoms. The summed E-state index contributed by atoms with van der Waals surface area (Å²) in [5.41, 5.74) is 1.89. The van der Waals surface area contributed by atoms with E-state index in [0.717, 1.165) is 22.5 Å². The quantitative estimate of drug-likeness (QED) is 0.261. The predicted octanol–water partition coefficient (Wildman–Crippen LogP) is 4.10. The number of hydrogen-bond acceptors (Lipinski definition) is 11. The zero-order valence-corrected chi connectivity index (χ0v) is 23.0. The fourth-order valence-electron chi connectivity index (χ4n) is 3.72. The van der Waals surface area contributed by atoms with Crippen molar-refractivity contribution in [2.75, 3.05) is 43.9 Å². The number of furan rings is 1. The summed E-state index contributed by atoms with van der Waals surface area (Å²) in [4.78, 5) is 2.05. The van der Waals surface area contributed by atoms with Crippen molar-refractivity contribution in [3.8, 4) is 5.75 Å². The fraction of sp³-hybridized carbons (Fsp3) is 0.455. The van der Waals surface area contributed by atoms with Gasteiger partial charge >= 0.3 is 0 Å². The third-order valence-electron chi connectivity index (χ3n) is 5.95. The zero-order chi connectivity index (χ0) is 26.2. The Morgan fingerprint density at radius 1 is 1.28 bits per heavy atom. The maximum absolute atomic E-state index is 13.1. The predicted molar refractivity (Wildman–Crippen MR) is 140 cm³/mol. The molecule has 1 aliphatic rings. The highest BCUT2D eigenvalue weighted by Gasteiger charge is 2.33. The van der Waals surface area contributed by atoms with Crippen molar-refractivity contribution < 1.29 is 22.5 Å². The van der Waals surface area contributed by atoms with Crippen LogP contribution in [-0.2, 0) is 10.0 Å². The Kier molecular flexibility index (Phi) is 7.73. The molecule has 3 N–H and O–H groups in total. The molecule has 1 unspecified atom stereocenters. The lowest BCUT2D eigenvalue weighted by atomic mass is 10.0. The smallest absolute Gasteiger partial charge is 0.256 e. The molecule has 4 heterocycles. The number of nitrogens with zero attached hydrogens (tertiary/aromatic N) is 4. The summed E-state index contributed by atoms with van der Waals surface area (Å²) in [7, 11) is -1.93. The second-order valence-corrected chi connectivity index (χ2v) is 12.9. The molecule has 2 atom stereocenters. The molecule has 1 saturated heterocycles. The third kappa shape index (κ3) is 5.43. The molecule has 36 heavy (non-hydrogen) atoms.